The van der Waals surface area contributed by atoms with Crippen molar-refractivity contribution in [2.75, 3.05) is 25.0 Å². The number of piperidine rings is 1. The van der Waals surface area contributed by atoms with Crippen molar-refractivity contribution in [1.82, 2.24) is 9.88 Å². The molecule has 2 N–H and O–H groups in total. The third-order valence-corrected chi connectivity index (χ3v) is 3.10. The van der Waals surface area contributed by atoms with E-state index in [-0.39, 0.29) is 5.91 Å². The molecule has 1 aromatic heterocycles. The fraction of sp³-hybridized carbons (Fsp3) is 0.538. The fourth-order valence-corrected chi connectivity index (χ4v) is 2.22. The van der Waals surface area contributed by atoms with Crippen LogP contribution in [0.1, 0.15) is 30.1 Å². The lowest BCUT2D eigenvalue weighted by molar-refractivity contribution is 0.0474. The Hall–Kier alpha value is -1.62. The van der Waals surface area contributed by atoms with Gasteiger partial charge in [-0.15, -0.1) is 0 Å². The Kier molecular flexibility index (Phi) is 4.15. The molecule has 1 aliphatic heterocycles. The second kappa shape index (κ2) is 5.82. The van der Waals surface area contributed by atoms with Gasteiger partial charge in [-0.05, 0) is 25.8 Å². The molecule has 98 valence electrons. The highest BCUT2D eigenvalue weighted by atomic mass is 16.3. The van der Waals surface area contributed by atoms with E-state index < -0.39 is 6.10 Å². The van der Waals surface area contributed by atoms with Crippen molar-refractivity contribution in [3.63, 3.8) is 0 Å². The molecule has 0 aliphatic carbocycles. The number of carbonyl (C=O) groups is 1. The van der Waals surface area contributed by atoms with Gasteiger partial charge >= 0.3 is 0 Å². The van der Waals surface area contributed by atoms with Gasteiger partial charge in [-0.25, -0.2) is 0 Å². The highest BCUT2D eigenvalue weighted by Gasteiger charge is 2.24. The lowest BCUT2D eigenvalue weighted by atomic mass is 10.1. The minimum Gasteiger partial charge on any atom is -0.391 e. The molecule has 0 spiro atoms. The third-order valence-electron chi connectivity index (χ3n) is 3.10. The standard InChI is InChI=1S/C13H19N3O2/c1-2-15-12-5-6-14-8-11(12)13(18)16-7-3-4-10(17)9-16/h5-6,8,10,17H,2-4,7,9H2,1H3,(H,14,15). The van der Waals surface area contributed by atoms with Crippen LogP contribution in [-0.2, 0) is 0 Å². The molecular weight excluding hydrogens is 230 g/mol. The van der Waals surface area contributed by atoms with Gasteiger partial charge in [0.2, 0.25) is 0 Å². The maximum atomic E-state index is 12.4. The summed E-state index contributed by atoms with van der Waals surface area (Å²) in [4.78, 5) is 18.1. The van der Waals surface area contributed by atoms with Crippen molar-refractivity contribution in [1.29, 1.82) is 0 Å². The van der Waals surface area contributed by atoms with Crippen LogP contribution < -0.4 is 5.32 Å². The summed E-state index contributed by atoms with van der Waals surface area (Å²) in [5, 5.41) is 12.8. The van der Waals surface area contributed by atoms with Gasteiger partial charge in [-0.2, -0.15) is 0 Å². The van der Waals surface area contributed by atoms with Crippen molar-refractivity contribution >= 4 is 11.6 Å². The molecule has 18 heavy (non-hydrogen) atoms. The number of aromatic nitrogens is 1. The molecule has 1 fully saturated rings. The summed E-state index contributed by atoms with van der Waals surface area (Å²) < 4.78 is 0. The number of hydrogen-bond donors (Lipinski definition) is 2. The number of amides is 1. The number of likely N-dealkylation sites (tertiary alicyclic amines) is 1. The van der Waals surface area contributed by atoms with Crippen LogP contribution in [0.2, 0.25) is 0 Å². The molecule has 0 bridgehead atoms. The van der Waals surface area contributed by atoms with Gasteiger partial charge in [0.05, 0.1) is 17.4 Å². The molecule has 0 radical (unpaired) electrons. The van der Waals surface area contributed by atoms with Gasteiger partial charge < -0.3 is 15.3 Å². The number of β-amino-alcohol motifs (C(OH)–C–C–N with tert-alkyl or cyclic N) is 1. The summed E-state index contributed by atoms with van der Waals surface area (Å²) >= 11 is 0. The average molecular weight is 249 g/mol. The quantitative estimate of drug-likeness (QED) is 0.842. The largest absolute Gasteiger partial charge is 0.391 e. The van der Waals surface area contributed by atoms with E-state index in [1.807, 2.05) is 6.92 Å². The van der Waals surface area contributed by atoms with Crippen LogP contribution in [0.5, 0.6) is 0 Å². The van der Waals surface area contributed by atoms with Crippen molar-refractivity contribution < 1.29 is 9.90 Å². The van der Waals surface area contributed by atoms with Gasteiger partial charge in [0.15, 0.2) is 0 Å². The summed E-state index contributed by atoms with van der Waals surface area (Å²) in [5.74, 6) is -0.0576. The van der Waals surface area contributed by atoms with E-state index >= 15 is 0 Å². The minimum atomic E-state index is -0.401. The van der Waals surface area contributed by atoms with Gasteiger partial charge in [-0.3, -0.25) is 9.78 Å². The van der Waals surface area contributed by atoms with E-state index in [4.69, 9.17) is 0 Å². The summed E-state index contributed by atoms with van der Waals surface area (Å²) in [6.45, 7) is 3.86. The number of anilines is 1. The number of pyridine rings is 1. The highest BCUT2D eigenvalue weighted by molar-refractivity contribution is 5.99. The number of rotatable bonds is 3. The second-order valence-corrected chi connectivity index (χ2v) is 4.50. The number of aliphatic hydroxyl groups is 1. The predicted molar refractivity (Wildman–Crippen MR) is 69.5 cm³/mol. The zero-order chi connectivity index (χ0) is 13.0. The number of aliphatic hydroxyl groups excluding tert-OH is 1. The molecule has 1 aromatic rings. The normalized spacial score (nSPS) is 19.7. The van der Waals surface area contributed by atoms with E-state index in [0.717, 1.165) is 25.1 Å². The second-order valence-electron chi connectivity index (χ2n) is 4.50. The molecule has 1 amide bonds. The molecule has 2 rings (SSSR count). The Morgan fingerprint density at radius 1 is 1.67 bits per heavy atom. The van der Waals surface area contributed by atoms with Crippen molar-refractivity contribution in [2.24, 2.45) is 0 Å². The van der Waals surface area contributed by atoms with Crippen LogP contribution in [-0.4, -0.2) is 46.6 Å². The predicted octanol–water partition coefficient (Wildman–Crippen LogP) is 1.11. The van der Waals surface area contributed by atoms with E-state index in [2.05, 4.69) is 10.3 Å². The molecule has 1 unspecified atom stereocenters. The van der Waals surface area contributed by atoms with Crippen molar-refractivity contribution in [3.05, 3.63) is 24.0 Å². The Bertz CT molecular complexity index is 422. The zero-order valence-electron chi connectivity index (χ0n) is 10.6. The number of carbonyl (C=O) groups excluding carboxylic acids is 1. The number of nitrogens with one attached hydrogen (secondary N) is 1. The van der Waals surface area contributed by atoms with Gasteiger partial charge in [0.1, 0.15) is 0 Å². The Balaban J connectivity index is 2.17. The average Bonchev–Trinajstić information content (AvgIpc) is 2.39. The summed E-state index contributed by atoms with van der Waals surface area (Å²) in [6.07, 6.45) is 4.48. The SMILES string of the molecule is CCNc1ccncc1C(=O)N1CCCC(O)C1. The molecule has 5 nitrogen and oxygen atoms in total. The first-order valence-electron chi connectivity index (χ1n) is 6.37. The lowest BCUT2D eigenvalue weighted by Crippen LogP contribution is -2.42. The van der Waals surface area contributed by atoms with Crippen molar-refractivity contribution in [2.45, 2.75) is 25.9 Å². The third kappa shape index (κ3) is 2.79. The van der Waals surface area contributed by atoms with Crippen LogP contribution in [0.3, 0.4) is 0 Å². The summed E-state index contributed by atoms with van der Waals surface area (Å²) in [5.41, 5.74) is 1.38. The molecule has 0 aromatic carbocycles. The summed E-state index contributed by atoms with van der Waals surface area (Å²) in [7, 11) is 0. The molecule has 5 heteroatoms. The number of nitrogens with zero attached hydrogens (tertiary/aromatic N) is 2. The van der Waals surface area contributed by atoms with E-state index in [1.165, 1.54) is 0 Å². The topological polar surface area (TPSA) is 65.5 Å². The van der Waals surface area contributed by atoms with Crippen LogP contribution in [0.4, 0.5) is 5.69 Å². The van der Waals surface area contributed by atoms with Gasteiger partial charge in [0, 0.05) is 32.0 Å². The maximum Gasteiger partial charge on any atom is 0.257 e. The first-order chi connectivity index (χ1) is 8.72. The maximum absolute atomic E-state index is 12.4. The van der Waals surface area contributed by atoms with Crippen LogP contribution in [0.25, 0.3) is 0 Å². The van der Waals surface area contributed by atoms with E-state index in [0.29, 0.717) is 18.7 Å². The number of hydrogen-bond acceptors (Lipinski definition) is 4. The Labute approximate surface area is 107 Å². The molecule has 0 saturated carbocycles. The van der Waals surface area contributed by atoms with Crippen LogP contribution >= 0.6 is 0 Å². The highest BCUT2D eigenvalue weighted by Crippen LogP contribution is 2.19. The monoisotopic (exact) mass is 249 g/mol. The Morgan fingerprint density at radius 2 is 2.50 bits per heavy atom. The van der Waals surface area contributed by atoms with Gasteiger partial charge in [-0.1, -0.05) is 0 Å². The Morgan fingerprint density at radius 3 is 3.22 bits per heavy atom. The van der Waals surface area contributed by atoms with Crippen LogP contribution in [0.15, 0.2) is 18.5 Å². The lowest BCUT2D eigenvalue weighted by Gasteiger charge is -2.30. The molecular formula is C13H19N3O2. The van der Waals surface area contributed by atoms with E-state index in [9.17, 15) is 9.90 Å². The molecule has 1 saturated heterocycles. The first-order valence-corrected chi connectivity index (χ1v) is 6.37. The van der Waals surface area contributed by atoms with Crippen LogP contribution in [0, 0.1) is 0 Å². The smallest absolute Gasteiger partial charge is 0.257 e. The van der Waals surface area contributed by atoms with Crippen molar-refractivity contribution in [3.8, 4) is 0 Å². The molecule has 1 aliphatic rings. The summed E-state index contributed by atoms with van der Waals surface area (Å²) in [6, 6.07) is 1.80. The minimum absolute atomic E-state index is 0.0576. The fourth-order valence-electron chi connectivity index (χ4n) is 2.22. The molecule has 1 atom stereocenters. The molecule has 2 heterocycles. The van der Waals surface area contributed by atoms with E-state index in [1.54, 1.807) is 23.4 Å². The first kappa shape index (κ1) is 12.8. The zero-order valence-corrected chi connectivity index (χ0v) is 10.6. The van der Waals surface area contributed by atoms with Gasteiger partial charge in [0.25, 0.3) is 5.91 Å².